The van der Waals surface area contributed by atoms with Crippen molar-refractivity contribution < 1.29 is 4.79 Å². The fourth-order valence-corrected chi connectivity index (χ4v) is 2.83. The summed E-state index contributed by atoms with van der Waals surface area (Å²) in [6.07, 6.45) is 1.08. The van der Waals surface area contributed by atoms with Gasteiger partial charge in [-0.25, -0.2) is 0 Å². The summed E-state index contributed by atoms with van der Waals surface area (Å²) >= 11 is 0. The van der Waals surface area contributed by atoms with Crippen molar-refractivity contribution >= 4 is 11.6 Å². The first-order valence-corrected chi connectivity index (χ1v) is 7.34. The number of anilines is 1. The molecule has 20 heavy (non-hydrogen) atoms. The fraction of sp³-hybridized carbons (Fsp3) is 0.562. The average Bonchev–Trinajstić information content (AvgIpc) is 2.47. The minimum atomic E-state index is 0.155. The second kappa shape index (κ2) is 6.27. The monoisotopic (exact) mass is 275 g/mol. The number of benzene rings is 1. The van der Waals surface area contributed by atoms with Crippen LogP contribution in [0.2, 0.25) is 0 Å². The average molecular weight is 275 g/mol. The molecule has 0 radical (unpaired) electrons. The van der Waals surface area contributed by atoms with E-state index in [9.17, 15) is 4.79 Å². The molecule has 1 aliphatic rings. The third-order valence-electron chi connectivity index (χ3n) is 4.28. The van der Waals surface area contributed by atoms with Crippen LogP contribution in [0.4, 0.5) is 5.69 Å². The first-order chi connectivity index (χ1) is 9.56. The fourth-order valence-electron chi connectivity index (χ4n) is 2.83. The molecule has 1 unspecified atom stereocenters. The van der Waals surface area contributed by atoms with E-state index >= 15 is 0 Å². The van der Waals surface area contributed by atoms with E-state index in [4.69, 9.17) is 0 Å². The summed E-state index contributed by atoms with van der Waals surface area (Å²) in [5.74, 6) is 0.155. The lowest BCUT2D eigenvalue weighted by Crippen LogP contribution is -2.52. The van der Waals surface area contributed by atoms with Gasteiger partial charge < -0.3 is 10.2 Å². The molecule has 1 aromatic carbocycles. The van der Waals surface area contributed by atoms with Crippen LogP contribution in [-0.4, -0.2) is 55.5 Å². The van der Waals surface area contributed by atoms with Gasteiger partial charge in [-0.1, -0.05) is 6.92 Å². The molecule has 4 heteroatoms. The van der Waals surface area contributed by atoms with E-state index in [1.807, 2.05) is 37.1 Å². The summed E-state index contributed by atoms with van der Waals surface area (Å²) in [5.41, 5.74) is 2.98. The minimum absolute atomic E-state index is 0.155. The van der Waals surface area contributed by atoms with Crippen LogP contribution in [0.15, 0.2) is 18.2 Å². The molecule has 0 spiro atoms. The molecule has 0 aromatic heterocycles. The normalized spacial score (nSPS) is 20.0. The molecule has 1 aliphatic heterocycles. The highest BCUT2D eigenvalue weighted by Gasteiger charge is 2.26. The number of likely N-dealkylation sites (N-methyl/N-ethyl adjacent to an activating group) is 1. The summed E-state index contributed by atoms with van der Waals surface area (Å²) in [7, 11) is 4.04. The van der Waals surface area contributed by atoms with E-state index in [0.717, 1.165) is 42.9 Å². The van der Waals surface area contributed by atoms with E-state index in [1.165, 1.54) is 0 Å². The maximum atomic E-state index is 12.6. The second-order valence-corrected chi connectivity index (χ2v) is 5.57. The number of amides is 1. The van der Waals surface area contributed by atoms with Gasteiger partial charge in [0.2, 0.25) is 0 Å². The molecule has 1 amide bonds. The zero-order chi connectivity index (χ0) is 14.7. The van der Waals surface area contributed by atoms with Crippen molar-refractivity contribution in [3.63, 3.8) is 0 Å². The third kappa shape index (κ3) is 2.96. The Kier molecular flexibility index (Phi) is 4.65. The van der Waals surface area contributed by atoms with Crippen LogP contribution in [0.25, 0.3) is 0 Å². The smallest absolute Gasteiger partial charge is 0.253 e. The number of carbonyl (C=O) groups excluding carboxylic acids is 1. The molecule has 4 nitrogen and oxygen atoms in total. The number of nitrogens with zero attached hydrogens (tertiary/aromatic N) is 2. The molecular formula is C16H25N3O. The lowest BCUT2D eigenvalue weighted by molar-refractivity contribution is 0.0542. The van der Waals surface area contributed by atoms with Crippen LogP contribution in [-0.2, 0) is 0 Å². The Morgan fingerprint density at radius 1 is 1.40 bits per heavy atom. The van der Waals surface area contributed by atoms with Gasteiger partial charge in [-0.3, -0.25) is 9.69 Å². The number of piperazine rings is 1. The van der Waals surface area contributed by atoms with Crippen molar-refractivity contribution in [2.75, 3.05) is 39.0 Å². The Hall–Kier alpha value is -1.55. The van der Waals surface area contributed by atoms with Crippen molar-refractivity contribution in [3.8, 4) is 0 Å². The van der Waals surface area contributed by atoms with Crippen molar-refractivity contribution in [2.45, 2.75) is 26.3 Å². The summed E-state index contributed by atoms with van der Waals surface area (Å²) in [6.45, 7) is 6.82. The SMILES string of the molecule is CCC1CN(C(=O)c2ccc(NC)c(C)c2)CCN1C. The van der Waals surface area contributed by atoms with Gasteiger partial charge in [0.25, 0.3) is 5.91 Å². The molecule has 1 N–H and O–H groups in total. The molecule has 1 heterocycles. The highest BCUT2D eigenvalue weighted by molar-refractivity contribution is 5.95. The largest absolute Gasteiger partial charge is 0.388 e. The molecular weight excluding hydrogens is 250 g/mol. The quantitative estimate of drug-likeness (QED) is 0.918. The molecule has 110 valence electrons. The number of nitrogens with one attached hydrogen (secondary N) is 1. The standard InChI is InChI=1S/C16H25N3O/c1-5-14-11-19(9-8-18(14)4)16(20)13-6-7-15(17-3)12(2)10-13/h6-7,10,14,17H,5,8-9,11H2,1-4H3. The van der Waals surface area contributed by atoms with E-state index < -0.39 is 0 Å². The first-order valence-electron chi connectivity index (χ1n) is 7.34. The van der Waals surface area contributed by atoms with Crippen LogP contribution < -0.4 is 5.32 Å². The van der Waals surface area contributed by atoms with Gasteiger partial charge in [0, 0.05) is 44.0 Å². The van der Waals surface area contributed by atoms with Gasteiger partial charge in [-0.15, -0.1) is 0 Å². The van der Waals surface area contributed by atoms with E-state index in [0.29, 0.717) is 6.04 Å². The minimum Gasteiger partial charge on any atom is -0.388 e. The highest BCUT2D eigenvalue weighted by atomic mass is 16.2. The van der Waals surface area contributed by atoms with Crippen molar-refractivity contribution in [2.24, 2.45) is 0 Å². The van der Waals surface area contributed by atoms with Crippen LogP contribution in [0.1, 0.15) is 29.3 Å². The van der Waals surface area contributed by atoms with Crippen LogP contribution in [0.3, 0.4) is 0 Å². The Morgan fingerprint density at radius 3 is 2.75 bits per heavy atom. The van der Waals surface area contributed by atoms with E-state index in [1.54, 1.807) is 0 Å². The Balaban J connectivity index is 2.13. The molecule has 1 saturated heterocycles. The Bertz CT molecular complexity index is 487. The van der Waals surface area contributed by atoms with Crippen LogP contribution in [0, 0.1) is 6.92 Å². The van der Waals surface area contributed by atoms with Crippen molar-refractivity contribution in [1.82, 2.24) is 9.80 Å². The zero-order valence-corrected chi connectivity index (χ0v) is 12.9. The van der Waals surface area contributed by atoms with Crippen LogP contribution >= 0.6 is 0 Å². The Labute approximate surface area is 121 Å². The lowest BCUT2D eigenvalue weighted by Gasteiger charge is -2.39. The number of carbonyl (C=O) groups is 1. The van der Waals surface area contributed by atoms with Gasteiger partial charge in [0.15, 0.2) is 0 Å². The van der Waals surface area contributed by atoms with Gasteiger partial charge in [0.05, 0.1) is 0 Å². The first kappa shape index (κ1) is 14.9. The summed E-state index contributed by atoms with van der Waals surface area (Å²) in [6, 6.07) is 6.36. The molecule has 0 bridgehead atoms. The third-order valence-corrected chi connectivity index (χ3v) is 4.28. The van der Waals surface area contributed by atoms with Crippen LogP contribution in [0.5, 0.6) is 0 Å². The second-order valence-electron chi connectivity index (χ2n) is 5.57. The van der Waals surface area contributed by atoms with Gasteiger partial charge in [-0.05, 0) is 44.2 Å². The predicted molar refractivity (Wildman–Crippen MR) is 83.3 cm³/mol. The number of rotatable bonds is 3. The molecule has 1 aromatic rings. The van der Waals surface area contributed by atoms with E-state index in [-0.39, 0.29) is 5.91 Å². The molecule has 1 atom stereocenters. The van der Waals surface area contributed by atoms with Gasteiger partial charge >= 0.3 is 0 Å². The van der Waals surface area contributed by atoms with Crippen molar-refractivity contribution in [1.29, 1.82) is 0 Å². The summed E-state index contributed by atoms with van der Waals surface area (Å²) in [4.78, 5) is 16.9. The van der Waals surface area contributed by atoms with E-state index in [2.05, 4.69) is 24.2 Å². The number of hydrogen-bond donors (Lipinski definition) is 1. The molecule has 2 rings (SSSR count). The van der Waals surface area contributed by atoms with Crippen molar-refractivity contribution in [3.05, 3.63) is 29.3 Å². The maximum Gasteiger partial charge on any atom is 0.253 e. The van der Waals surface area contributed by atoms with Gasteiger partial charge in [-0.2, -0.15) is 0 Å². The zero-order valence-electron chi connectivity index (χ0n) is 12.9. The number of hydrogen-bond acceptors (Lipinski definition) is 3. The predicted octanol–water partition coefficient (Wildman–Crippen LogP) is 2.20. The lowest BCUT2D eigenvalue weighted by atomic mass is 10.1. The molecule has 0 aliphatic carbocycles. The molecule has 0 saturated carbocycles. The summed E-state index contributed by atoms with van der Waals surface area (Å²) < 4.78 is 0. The Morgan fingerprint density at radius 2 is 2.15 bits per heavy atom. The summed E-state index contributed by atoms with van der Waals surface area (Å²) in [5, 5.41) is 3.13. The van der Waals surface area contributed by atoms with Gasteiger partial charge in [0.1, 0.15) is 0 Å². The maximum absolute atomic E-state index is 12.6. The topological polar surface area (TPSA) is 35.6 Å². The molecule has 1 fully saturated rings. The highest BCUT2D eigenvalue weighted by Crippen LogP contribution is 2.19. The number of aryl methyl sites for hydroxylation is 1.